The number of carbonyl (C=O) groups excluding carboxylic acids is 2. The third-order valence-electron chi connectivity index (χ3n) is 1.68. The minimum Gasteiger partial charge on any atom is -0.545 e. The van der Waals surface area contributed by atoms with Gasteiger partial charge in [0.2, 0.25) is 5.91 Å². The SMILES string of the molecule is CC(=O)Nc1c(I)cc(I)c(C(=O)[O-])c1I.[Na+]. The predicted molar refractivity (Wildman–Crippen MR) is 83.2 cm³/mol. The van der Waals surface area contributed by atoms with E-state index in [1.165, 1.54) is 6.92 Å². The molecule has 0 radical (unpaired) electrons. The first kappa shape index (κ1) is 18.4. The van der Waals surface area contributed by atoms with E-state index in [0.29, 0.717) is 12.8 Å². The summed E-state index contributed by atoms with van der Waals surface area (Å²) in [5.74, 6) is -1.47. The molecule has 0 aromatic heterocycles. The second-order valence-electron chi connectivity index (χ2n) is 2.87. The van der Waals surface area contributed by atoms with Gasteiger partial charge in [-0.25, -0.2) is 0 Å². The zero-order valence-corrected chi connectivity index (χ0v) is 17.4. The van der Waals surface area contributed by atoms with Crippen molar-refractivity contribution in [3.8, 4) is 0 Å². The Kier molecular flexibility index (Phi) is 8.44. The van der Waals surface area contributed by atoms with Crippen LogP contribution in [0.4, 0.5) is 5.69 Å². The van der Waals surface area contributed by atoms with E-state index in [1.54, 1.807) is 6.07 Å². The van der Waals surface area contributed by atoms with Crippen molar-refractivity contribution in [1.82, 2.24) is 0 Å². The molecule has 0 unspecified atom stereocenters. The molecule has 8 heteroatoms. The number of nitrogens with one attached hydrogen (secondary N) is 1. The number of amides is 1. The summed E-state index contributed by atoms with van der Waals surface area (Å²) in [4.78, 5) is 22.0. The smallest absolute Gasteiger partial charge is 0.545 e. The number of carboxylic acids is 1. The number of hydrogen-bond acceptors (Lipinski definition) is 3. The van der Waals surface area contributed by atoms with Gasteiger partial charge in [0.25, 0.3) is 0 Å². The van der Waals surface area contributed by atoms with Crippen LogP contribution in [-0.4, -0.2) is 11.9 Å². The summed E-state index contributed by atoms with van der Waals surface area (Å²) in [6.45, 7) is 1.38. The van der Waals surface area contributed by atoms with E-state index in [-0.39, 0.29) is 41.0 Å². The molecule has 1 N–H and O–H groups in total. The van der Waals surface area contributed by atoms with Gasteiger partial charge in [-0.3, -0.25) is 4.79 Å². The van der Waals surface area contributed by atoms with Crippen LogP contribution in [0.3, 0.4) is 0 Å². The van der Waals surface area contributed by atoms with Gasteiger partial charge >= 0.3 is 29.6 Å². The van der Waals surface area contributed by atoms with Crippen LogP contribution in [0.15, 0.2) is 6.07 Å². The van der Waals surface area contributed by atoms with Gasteiger partial charge in [-0.2, -0.15) is 0 Å². The monoisotopic (exact) mass is 579 g/mol. The molecule has 0 aliphatic heterocycles. The maximum Gasteiger partial charge on any atom is 1.00 e. The van der Waals surface area contributed by atoms with Crippen LogP contribution in [0.2, 0.25) is 0 Å². The number of aromatic carboxylic acids is 1. The van der Waals surface area contributed by atoms with Crippen molar-refractivity contribution >= 4 is 85.3 Å². The van der Waals surface area contributed by atoms with E-state index in [9.17, 15) is 14.7 Å². The number of rotatable bonds is 2. The van der Waals surface area contributed by atoms with Gasteiger partial charge in [0, 0.05) is 23.2 Å². The number of anilines is 1. The molecule has 0 heterocycles. The average Bonchev–Trinajstić information content (AvgIpc) is 2.10. The second-order valence-corrected chi connectivity index (χ2v) is 6.28. The van der Waals surface area contributed by atoms with Crippen LogP contribution in [0.1, 0.15) is 17.3 Å². The largest absolute Gasteiger partial charge is 1.00 e. The van der Waals surface area contributed by atoms with E-state index < -0.39 is 5.97 Å². The maximum atomic E-state index is 11.0. The van der Waals surface area contributed by atoms with Crippen LogP contribution in [-0.2, 0) is 4.79 Å². The van der Waals surface area contributed by atoms with Crippen molar-refractivity contribution < 1.29 is 44.3 Å². The standard InChI is InChI=1S/C9H6I3NO3.Na/c1-3(14)13-8-5(11)2-4(10)6(7(8)12)9(15)16;/h2H,1H3,(H,13,14)(H,15,16);/q;+1/p-1. The molecule has 0 aliphatic carbocycles. The summed E-state index contributed by atoms with van der Waals surface area (Å²) in [5.41, 5.74) is 0.638. The first-order valence-corrected chi connectivity index (χ1v) is 7.24. The third-order valence-corrected chi connectivity index (χ3v) is 4.46. The molecule has 0 fully saturated rings. The Morgan fingerprint density at radius 3 is 2.18 bits per heavy atom. The van der Waals surface area contributed by atoms with Gasteiger partial charge < -0.3 is 15.2 Å². The summed E-state index contributed by atoms with van der Waals surface area (Å²) in [6.07, 6.45) is 0. The van der Waals surface area contributed by atoms with Gasteiger partial charge in [0.1, 0.15) is 0 Å². The van der Waals surface area contributed by atoms with Crippen LogP contribution in [0, 0.1) is 10.7 Å². The molecule has 1 rings (SSSR count). The first-order chi connectivity index (χ1) is 7.34. The normalized spacial score (nSPS) is 9.41. The van der Waals surface area contributed by atoms with E-state index in [0.717, 1.165) is 3.57 Å². The molecule has 86 valence electrons. The third kappa shape index (κ3) is 4.75. The van der Waals surface area contributed by atoms with Gasteiger partial charge in [-0.15, -0.1) is 0 Å². The fourth-order valence-corrected chi connectivity index (χ4v) is 5.15. The predicted octanol–water partition coefficient (Wildman–Crippen LogP) is -1.17. The summed E-state index contributed by atoms with van der Waals surface area (Å²) in [5, 5.41) is 13.6. The van der Waals surface area contributed by atoms with E-state index in [1.807, 2.05) is 67.8 Å². The molecule has 0 spiro atoms. The zero-order chi connectivity index (χ0) is 12.5. The Balaban J connectivity index is 0.00000256. The number of carbonyl (C=O) groups is 2. The Labute approximate surface area is 161 Å². The molecule has 0 atom stereocenters. The maximum absolute atomic E-state index is 11.0. The van der Waals surface area contributed by atoms with Crippen LogP contribution >= 0.6 is 67.8 Å². The fraction of sp³-hybridized carbons (Fsp3) is 0.111. The molecule has 0 bridgehead atoms. The summed E-state index contributed by atoms with van der Waals surface area (Å²) >= 11 is 5.88. The quantitative estimate of drug-likeness (QED) is 0.355. The van der Waals surface area contributed by atoms with Crippen LogP contribution in [0.25, 0.3) is 0 Å². The van der Waals surface area contributed by atoms with Crippen molar-refractivity contribution in [3.05, 3.63) is 22.3 Å². The number of hydrogen-bond donors (Lipinski definition) is 1. The first-order valence-electron chi connectivity index (χ1n) is 4.01. The molecule has 0 saturated heterocycles. The van der Waals surface area contributed by atoms with Gasteiger partial charge in [-0.05, 0) is 73.8 Å². The number of carboxylic acid groups (broad SMARTS) is 1. The van der Waals surface area contributed by atoms with Crippen molar-refractivity contribution in [3.63, 3.8) is 0 Å². The molecular formula is C9H5I3NNaO3. The molecule has 0 aliphatic rings. The molecule has 1 aromatic rings. The molecule has 1 aromatic carbocycles. The molecule has 4 nitrogen and oxygen atoms in total. The Morgan fingerprint density at radius 1 is 1.24 bits per heavy atom. The molecular weight excluding hydrogens is 574 g/mol. The Morgan fingerprint density at radius 2 is 1.76 bits per heavy atom. The second kappa shape index (κ2) is 7.82. The summed E-state index contributed by atoms with van der Waals surface area (Å²) < 4.78 is 1.89. The Hall–Kier alpha value is 1.35. The molecule has 17 heavy (non-hydrogen) atoms. The van der Waals surface area contributed by atoms with Crippen molar-refractivity contribution in [2.75, 3.05) is 5.32 Å². The van der Waals surface area contributed by atoms with Crippen molar-refractivity contribution in [2.24, 2.45) is 0 Å². The number of halogens is 3. The summed E-state index contributed by atoms with van der Waals surface area (Å²) in [6, 6.07) is 1.69. The van der Waals surface area contributed by atoms with Gasteiger partial charge in [0.05, 0.1) is 11.7 Å². The van der Waals surface area contributed by atoms with E-state index in [4.69, 9.17) is 0 Å². The van der Waals surface area contributed by atoms with Crippen LogP contribution < -0.4 is 40.0 Å². The van der Waals surface area contributed by atoms with Gasteiger partial charge in [-0.1, -0.05) is 0 Å². The van der Waals surface area contributed by atoms with Crippen LogP contribution in [0.5, 0.6) is 0 Å². The van der Waals surface area contributed by atoms with Crippen molar-refractivity contribution in [1.29, 1.82) is 0 Å². The average molecular weight is 579 g/mol. The Bertz CT molecular complexity index is 479. The molecule has 0 saturated carbocycles. The van der Waals surface area contributed by atoms with E-state index in [2.05, 4.69) is 5.32 Å². The minimum atomic E-state index is -1.24. The van der Waals surface area contributed by atoms with E-state index >= 15 is 0 Å². The molecule has 1 amide bonds. The summed E-state index contributed by atoms with van der Waals surface area (Å²) in [7, 11) is 0. The van der Waals surface area contributed by atoms with Gasteiger partial charge in [0.15, 0.2) is 0 Å². The topological polar surface area (TPSA) is 69.2 Å². The van der Waals surface area contributed by atoms with Crippen molar-refractivity contribution in [2.45, 2.75) is 6.92 Å². The zero-order valence-electron chi connectivity index (χ0n) is 8.94. The minimum absolute atomic E-state index is 0. The number of benzene rings is 1. The fourth-order valence-electron chi connectivity index (χ4n) is 1.07.